The summed E-state index contributed by atoms with van der Waals surface area (Å²) in [6.45, 7) is 1.22. The van der Waals surface area contributed by atoms with Gasteiger partial charge in [0.15, 0.2) is 0 Å². The molecule has 0 saturated heterocycles. The van der Waals surface area contributed by atoms with Gasteiger partial charge in [-0.15, -0.1) is 0 Å². The van der Waals surface area contributed by atoms with Gasteiger partial charge in [-0.05, 0) is 50.9 Å². The van der Waals surface area contributed by atoms with Crippen LogP contribution in [-0.4, -0.2) is 83.9 Å². The third kappa shape index (κ3) is 25.8. The van der Waals surface area contributed by atoms with Crippen LogP contribution in [0.3, 0.4) is 0 Å². The normalized spacial score (nSPS) is 16.5. The van der Waals surface area contributed by atoms with Gasteiger partial charge in [-0.2, -0.15) is 0 Å². The number of carbonyl (C=O) groups excluding carboxylic acids is 3. The first-order valence-corrected chi connectivity index (χ1v) is 19.2. The van der Waals surface area contributed by atoms with Gasteiger partial charge in [0.05, 0.1) is 19.8 Å². The van der Waals surface area contributed by atoms with Gasteiger partial charge in [0.25, 0.3) is 0 Å². The number of aliphatic hydroxyl groups excluding tert-OH is 1. The molecule has 284 valence electrons. The van der Waals surface area contributed by atoms with Crippen LogP contribution in [0.2, 0.25) is 0 Å². The first-order valence-electron chi connectivity index (χ1n) is 19.2. The zero-order valence-corrected chi connectivity index (χ0v) is 30.0. The molecule has 12 heteroatoms. The number of ether oxygens (including phenoxy) is 1. The number of hydrogen-bond donors (Lipinski definition) is 6. The number of carbonyl (C=O) groups is 5. The Bertz CT molecular complexity index is 910. The van der Waals surface area contributed by atoms with Crippen LogP contribution in [-0.2, 0) is 28.7 Å². The average molecular weight is 698 g/mol. The van der Waals surface area contributed by atoms with Crippen molar-refractivity contribution >= 4 is 29.7 Å². The Balaban J connectivity index is 1.99. The minimum Gasteiger partial charge on any atom is -0.481 e. The highest BCUT2D eigenvalue weighted by Crippen LogP contribution is 2.29. The van der Waals surface area contributed by atoms with Crippen molar-refractivity contribution in [2.45, 2.75) is 160 Å². The van der Waals surface area contributed by atoms with Gasteiger partial charge in [-0.3, -0.25) is 19.2 Å². The molecule has 6 N–H and O–H groups in total. The molecule has 0 heterocycles. The largest absolute Gasteiger partial charge is 0.481 e. The maximum Gasteiger partial charge on any atom is 0.326 e. The summed E-state index contributed by atoms with van der Waals surface area (Å²) in [4.78, 5) is 59.2. The monoisotopic (exact) mass is 697 g/mol. The van der Waals surface area contributed by atoms with Crippen molar-refractivity contribution in [1.82, 2.24) is 16.0 Å². The maximum atomic E-state index is 12.8. The molecule has 12 nitrogen and oxygen atoms in total. The minimum atomic E-state index is -1.17. The molecule has 0 aliphatic heterocycles. The van der Waals surface area contributed by atoms with E-state index in [1.165, 1.54) is 70.6 Å². The number of aliphatic carboxylic acids is 2. The van der Waals surface area contributed by atoms with E-state index in [4.69, 9.17) is 14.9 Å². The molecule has 0 radical (unpaired) electrons. The lowest BCUT2D eigenvalue weighted by Gasteiger charge is -2.28. The lowest BCUT2D eigenvalue weighted by molar-refractivity contribution is -0.143. The van der Waals surface area contributed by atoms with E-state index in [1.807, 2.05) is 0 Å². The molecule has 1 aliphatic carbocycles. The molecule has 0 aromatic heterocycles. The van der Waals surface area contributed by atoms with Crippen LogP contribution < -0.4 is 16.0 Å². The summed E-state index contributed by atoms with van der Waals surface area (Å²) >= 11 is 0. The molecule has 0 unspecified atom stereocenters. The molecule has 0 aromatic rings. The van der Waals surface area contributed by atoms with E-state index in [0.29, 0.717) is 38.1 Å². The standard InChI is InChI=1S/C37H67N3O9/c41-26-28-49-27-25-38-34(43)24-23-32(37(47)48)40-36(46)31-21-19-30(20-22-31)29-39-33(42)17-15-13-11-9-7-5-3-1-2-4-6-8-10-12-14-16-18-35(44)45/h30-32,41H,1-29H2,(H,38,43)(H,39,42)(H,40,46)(H,44,45)(H,47,48)/t30-,31-,32-/m0/s1. The molecule has 1 fully saturated rings. The molecule has 3 amide bonds. The van der Waals surface area contributed by atoms with Gasteiger partial charge in [-0.1, -0.05) is 89.9 Å². The second kappa shape index (κ2) is 30.1. The van der Waals surface area contributed by atoms with Crippen molar-refractivity contribution in [2.75, 3.05) is 32.9 Å². The summed E-state index contributed by atoms with van der Waals surface area (Å²) in [5, 5.41) is 35.1. The number of carboxylic acid groups (broad SMARTS) is 2. The summed E-state index contributed by atoms with van der Waals surface area (Å²) in [5.74, 6) is -2.34. The van der Waals surface area contributed by atoms with Crippen LogP contribution in [0.25, 0.3) is 0 Å². The van der Waals surface area contributed by atoms with Crippen molar-refractivity contribution < 1.29 is 44.0 Å². The number of rotatable bonds is 32. The van der Waals surface area contributed by atoms with Gasteiger partial charge >= 0.3 is 11.9 Å². The molecular weight excluding hydrogens is 630 g/mol. The van der Waals surface area contributed by atoms with Crippen LogP contribution in [0.15, 0.2) is 0 Å². The van der Waals surface area contributed by atoms with Crippen molar-refractivity contribution in [3.05, 3.63) is 0 Å². The maximum absolute atomic E-state index is 12.8. The molecule has 0 bridgehead atoms. The summed E-state index contributed by atoms with van der Waals surface area (Å²) in [6, 6.07) is -1.13. The minimum absolute atomic E-state index is 0.00486. The predicted molar refractivity (Wildman–Crippen MR) is 189 cm³/mol. The van der Waals surface area contributed by atoms with Gasteiger partial charge in [0.1, 0.15) is 6.04 Å². The number of carboxylic acids is 2. The number of amides is 3. The fraction of sp³-hybridized carbons (Fsp3) is 0.865. The van der Waals surface area contributed by atoms with E-state index in [2.05, 4.69) is 16.0 Å². The molecule has 1 rings (SSSR count). The molecule has 0 aromatic carbocycles. The lowest BCUT2D eigenvalue weighted by Crippen LogP contribution is -2.45. The van der Waals surface area contributed by atoms with Crippen LogP contribution in [0.1, 0.15) is 154 Å². The van der Waals surface area contributed by atoms with E-state index in [1.54, 1.807) is 0 Å². The number of unbranched alkanes of at least 4 members (excludes halogenated alkanes) is 15. The Morgan fingerprint density at radius 3 is 1.59 bits per heavy atom. The van der Waals surface area contributed by atoms with Crippen LogP contribution in [0, 0.1) is 11.8 Å². The van der Waals surface area contributed by atoms with E-state index in [0.717, 1.165) is 44.9 Å². The van der Waals surface area contributed by atoms with Gasteiger partial charge < -0.3 is 36.0 Å². The van der Waals surface area contributed by atoms with Gasteiger partial charge in [0, 0.05) is 38.3 Å². The first kappa shape index (κ1) is 44.3. The summed E-state index contributed by atoms with van der Waals surface area (Å²) in [5.41, 5.74) is 0. The molecule has 1 aliphatic rings. The predicted octanol–water partition coefficient (Wildman–Crippen LogP) is 5.49. The fourth-order valence-electron chi connectivity index (χ4n) is 6.35. The van der Waals surface area contributed by atoms with Crippen LogP contribution in [0.4, 0.5) is 0 Å². The zero-order chi connectivity index (χ0) is 36.0. The Kier molecular flexibility index (Phi) is 27.2. The smallest absolute Gasteiger partial charge is 0.326 e. The van der Waals surface area contributed by atoms with E-state index >= 15 is 0 Å². The quantitative estimate of drug-likeness (QED) is 0.0494. The summed E-state index contributed by atoms with van der Waals surface area (Å²) < 4.78 is 5.07. The van der Waals surface area contributed by atoms with Crippen molar-refractivity contribution in [1.29, 1.82) is 0 Å². The van der Waals surface area contributed by atoms with Gasteiger partial charge in [-0.25, -0.2) is 4.79 Å². The number of nitrogens with one attached hydrogen (secondary N) is 3. The highest BCUT2D eigenvalue weighted by molar-refractivity contribution is 5.85. The summed E-state index contributed by atoms with van der Waals surface area (Å²) in [6.07, 6.45) is 22.6. The molecule has 0 spiro atoms. The van der Waals surface area contributed by atoms with Crippen molar-refractivity contribution in [3.8, 4) is 0 Å². The molecule has 1 saturated carbocycles. The average Bonchev–Trinajstić information content (AvgIpc) is 3.08. The highest BCUT2D eigenvalue weighted by Gasteiger charge is 2.29. The van der Waals surface area contributed by atoms with Crippen LogP contribution >= 0.6 is 0 Å². The summed E-state index contributed by atoms with van der Waals surface area (Å²) in [7, 11) is 0. The van der Waals surface area contributed by atoms with E-state index in [9.17, 15) is 29.1 Å². The fourth-order valence-corrected chi connectivity index (χ4v) is 6.35. The Morgan fingerprint density at radius 1 is 0.612 bits per heavy atom. The third-order valence-corrected chi connectivity index (χ3v) is 9.43. The zero-order valence-electron chi connectivity index (χ0n) is 30.0. The second-order valence-electron chi connectivity index (χ2n) is 13.7. The second-order valence-corrected chi connectivity index (χ2v) is 13.7. The first-order chi connectivity index (χ1) is 23.7. The number of aliphatic hydroxyl groups is 1. The third-order valence-electron chi connectivity index (χ3n) is 9.43. The highest BCUT2D eigenvalue weighted by atomic mass is 16.5. The van der Waals surface area contributed by atoms with E-state index < -0.39 is 18.0 Å². The topological polar surface area (TPSA) is 191 Å². The van der Waals surface area contributed by atoms with E-state index in [-0.39, 0.29) is 62.8 Å². The Morgan fingerprint density at radius 2 is 1.10 bits per heavy atom. The molecule has 49 heavy (non-hydrogen) atoms. The Labute approximate surface area is 294 Å². The molecular formula is C37H67N3O9. The number of hydrogen-bond acceptors (Lipinski definition) is 7. The SMILES string of the molecule is O=C(O)CCCCCCCCCCCCCCCCCCC(=O)NC[C@H]1CC[C@H](C(=O)N[C@@H](CCC(=O)NCCOCCO)C(=O)O)CC1. The van der Waals surface area contributed by atoms with Gasteiger partial charge in [0.2, 0.25) is 17.7 Å². The van der Waals surface area contributed by atoms with Crippen LogP contribution in [0.5, 0.6) is 0 Å². The molecule has 1 atom stereocenters. The Hall–Kier alpha value is -2.73. The van der Waals surface area contributed by atoms with Crippen molar-refractivity contribution in [2.24, 2.45) is 11.8 Å². The van der Waals surface area contributed by atoms with Crippen molar-refractivity contribution in [3.63, 3.8) is 0 Å². The lowest BCUT2D eigenvalue weighted by atomic mass is 9.81.